The molecule has 0 aliphatic rings. The molecule has 96 valence electrons. The molecule has 0 unspecified atom stereocenters. The van der Waals surface area contributed by atoms with Crippen LogP contribution in [-0.4, -0.2) is 23.4 Å². The van der Waals surface area contributed by atoms with E-state index in [1.54, 1.807) is 10.7 Å². The highest BCUT2D eigenvalue weighted by Crippen LogP contribution is 2.24. The fraction of sp³-hybridized carbons (Fsp3) is 0.308. The summed E-state index contributed by atoms with van der Waals surface area (Å²) in [5, 5.41) is 7.37. The quantitative estimate of drug-likeness (QED) is 0.904. The van der Waals surface area contributed by atoms with Crippen molar-refractivity contribution in [1.29, 1.82) is 0 Å². The van der Waals surface area contributed by atoms with Crippen molar-refractivity contribution in [3.05, 3.63) is 41.7 Å². The molecule has 0 spiro atoms. The van der Waals surface area contributed by atoms with Gasteiger partial charge in [0, 0.05) is 18.3 Å². The molecule has 1 N–H and O–H groups in total. The van der Waals surface area contributed by atoms with Gasteiger partial charge in [-0.3, -0.25) is 4.68 Å². The van der Waals surface area contributed by atoms with Gasteiger partial charge in [0.25, 0.3) is 0 Å². The lowest BCUT2D eigenvalue weighted by Crippen LogP contribution is -2.15. The molecule has 2 rings (SSSR count). The van der Waals surface area contributed by atoms with E-state index < -0.39 is 11.6 Å². The molecule has 2 aromatic rings. The van der Waals surface area contributed by atoms with Gasteiger partial charge in [-0.05, 0) is 31.7 Å². The molecule has 0 aliphatic heterocycles. The minimum absolute atomic E-state index is 0.641. The van der Waals surface area contributed by atoms with Crippen LogP contribution in [0, 0.1) is 18.6 Å². The number of aromatic nitrogens is 2. The molecule has 1 aromatic heterocycles. The van der Waals surface area contributed by atoms with Crippen LogP contribution in [0.25, 0.3) is 11.1 Å². The predicted octanol–water partition coefficient (Wildman–Crippen LogP) is 2.36. The number of benzene rings is 1. The standard InChI is InChI=1S/C13H15F2N3/c1-9-11(8-18(17-9)6-5-16-2)10-3-4-12(14)13(15)7-10/h3-4,7-8,16H,5-6H2,1-2H3. The van der Waals surface area contributed by atoms with E-state index in [9.17, 15) is 8.78 Å². The first kappa shape index (κ1) is 12.7. The number of rotatable bonds is 4. The van der Waals surface area contributed by atoms with Crippen LogP contribution in [0.5, 0.6) is 0 Å². The highest BCUT2D eigenvalue weighted by molar-refractivity contribution is 5.65. The number of hydrogen-bond acceptors (Lipinski definition) is 2. The zero-order valence-corrected chi connectivity index (χ0v) is 10.4. The second kappa shape index (κ2) is 5.27. The van der Waals surface area contributed by atoms with Crippen LogP contribution in [0.15, 0.2) is 24.4 Å². The summed E-state index contributed by atoms with van der Waals surface area (Å²) in [6.07, 6.45) is 1.85. The fourth-order valence-corrected chi connectivity index (χ4v) is 1.81. The van der Waals surface area contributed by atoms with Crippen LogP contribution in [-0.2, 0) is 6.54 Å². The fourth-order valence-electron chi connectivity index (χ4n) is 1.81. The van der Waals surface area contributed by atoms with Gasteiger partial charge in [-0.25, -0.2) is 8.78 Å². The maximum absolute atomic E-state index is 13.2. The van der Waals surface area contributed by atoms with Gasteiger partial charge >= 0.3 is 0 Å². The highest BCUT2D eigenvalue weighted by atomic mass is 19.2. The Morgan fingerprint density at radius 3 is 2.72 bits per heavy atom. The topological polar surface area (TPSA) is 29.9 Å². The summed E-state index contributed by atoms with van der Waals surface area (Å²) in [7, 11) is 1.87. The first-order valence-corrected chi connectivity index (χ1v) is 5.76. The number of aryl methyl sites for hydroxylation is 1. The summed E-state index contributed by atoms with van der Waals surface area (Å²) in [5.74, 6) is -1.67. The Labute approximate surface area is 104 Å². The molecule has 0 atom stereocenters. The minimum Gasteiger partial charge on any atom is -0.318 e. The van der Waals surface area contributed by atoms with Crippen molar-refractivity contribution in [3.8, 4) is 11.1 Å². The van der Waals surface area contributed by atoms with Crippen molar-refractivity contribution in [3.63, 3.8) is 0 Å². The molecule has 5 heteroatoms. The normalized spacial score (nSPS) is 10.9. The molecular weight excluding hydrogens is 236 g/mol. The van der Waals surface area contributed by atoms with E-state index in [1.165, 1.54) is 6.07 Å². The van der Waals surface area contributed by atoms with Crippen LogP contribution >= 0.6 is 0 Å². The zero-order chi connectivity index (χ0) is 13.1. The molecule has 1 heterocycles. The third kappa shape index (κ3) is 2.56. The van der Waals surface area contributed by atoms with Gasteiger partial charge in [0.15, 0.2) is 11.6 Å². The zero-order valence-electron chi connectivity index (χ0n) is 10.4. The highest BCUT2D eigenvalue weighted by Gasteiger charge is 2.10. The number of nitrogens with one attached hydrogen (secondary N) is 1. The molecule has 3 nitrogen and oxygen atoms in total. The minimum atomic E-state index is -0.838. The van der Waals surface area contributed by atoms with Crippen molar-refractivity contribution in [2.75, 3.05) is 13.6 Å². The van der Waals surface area contributed by atoms with Gasteiger partial charge in [0.05, 0.1) is 12.2 Å². The third-order valence-electron chi connectivity index (χ3n) is 2.77. The first-order valence-electron chi connectivity index (χ1n) is 5.76. The maximum Gasteiger partial charge on any atom is 0.159 e. The summed E-state index contributed by atoms with van der Waals surface area (Å²) in [4.78, 5) is 0. The predicted molar refractivity (Wildman–Crippen MR) is 66.2 cm³/mol. The second-order valence-electron chi connectivity index (χ2n) is 4.12. The van der Waals surface area contributed by atoms with Crippen molar-refractivity contribution in [2.45, 2.75) is 13.5 Å². The molecular formula is C13H15F2N3. The number of likely N-dealkylation sites (N-methyl/N-ethyl adjacent to an activating group) is 1. The van der Waals surface area contributed by atoms with Gasteiger partial charge in [-0.1, -0.05) is 6.07 Å². The van der Waals surface area contributed by atoms with E-state index in [-0.39, 0.29) is 0 Å². The molecule has 0 bridgehead atoms. The molecule has 0 fully saturated rings. The van der Waals surface area contributed by atoms with Crippen molar-refractivity contribution in [2.24, 2.45) is 0 Å². The van der Waals surface area contributed by atoms with Crippen LogP contribution in [0.4, 0.5) is 8.78 Å². The molecule has 0 radical (unpaired) electrons. The van der Waals surface area contributed by atoms with Crippen LogP contribution in [0.1, 0.15) is 5.69 Å². The molecule has 0 saturated carbocycles. The number of nitrogens with zero attached hydrogens (tertiary/aromatic N) is 2. The van der Waals surface area contributed by atoms with E-state index >= 15 is 0 Å². The SMILES string of the molecule is CNCCn1cc(-c2ccc(F)c(F)c2)c(C)n1. The van der Waals surface area contributed by atoms with Gasteiger partial charge < -0.3 is 5.32 Å². The molecule has 0 amide bonds. The maximum atomic E-state index is 13.2. The lowest BCUT2D eigenvalue weighted by atomic mass is 10.1. The van der Waals surface area contributed by atoms with Crippen LogP contribution < -0.4 is 5.32 Å². The van der Waals surface area contributed by atoms with E-state index in [1.807, 2.05) is 20.2 Å². The van der Waals surface area contributed by atoms with E-state index in [2.05, 4.69) is 10.4 Å². The van der Waals surface area contributed by atoms with Crippen molar-refractivity contribution < 1.29 is 8.78 Å². The van der Waals surface area contributed by atoms with E-state index in [0.717, 1.165) is 30.4 Å². The molecule has 1 aromatic carbocycles. The Bertz CT molecular complexity index is 549. The summed E-state index contributed by atoms with van der Waals surface area (Å²) in [5.41, 5.74) is 2.27. The summed E-state index contributed by atoms with van der Waals surface area (Å²) < 4.78 is 27.9. The molecule has 18 heavy (non-hydrogen) atoms. The van der Waals surface area contributed by atoms with Crippen LogP contribution in [0.2, 0.25) is 0 Å². The summed E-state index contributed by atoms with van der Waals surface area (Å²) in [6.45, 7) is 3.39. The van der Waals surface area contributed by atoms with Crippen LogP contribution in [0.3, 0.4) is 0 Å². The Morgan fingerprint density at radius 2 is 2.06 bits per heavy atom. The Balaban J connectivity index is 2.32. The van der Waals surface area contributed by atoms with Gasteiger partial charge in [0.1, 0.15) is 0 Å². The lowest BCUT2D eigenvalue weighted by molar-refractivity contribution is 0.509. The number of halogens is 2. The van der Waals surface area contributed by atoms with E-state index in [4.69, 9.17) is 0 Å². The molecule has 0 aliphatic carbocycles. The smallest absolute Gasteiger partial charge is 0.159 e. The molecule has 0 saturated heterocycles. The third-order valence-corrected chi connectivity index (χ3v) is 2.77. The largest absolute Gasteiger partial charge is 0.318 e. The Morgan fingerprint density at radius 1 is 1.28 bits per heavy atom. The lowest BCUT2D eigenvalue weighted by Gasteiger charge is -2.00. The van der Waals surface area contributed by atoms with Gasteiger partial charge in [-0.15, -0.1) is 0 Å². The van der Waals surface area contributed by atoms with Crippen molar-refractivity contribution in [1.82, 2.24) is 15.1 Å². The van der Waals surface area contributed by atoms with Gasteiger partial charge in [0.2, 0.25) is 0 Å². The second-order valence-corrected chi connectivity index (χ2v) is 4.12. The van der Waals surface area contributed by atoms with E-state index in [0.29, 0.717) is 5.56 Å². The number of hydrogen-bond donors (Lipinski definition) is 1. The average molecular weight is 251 g/mol. The summed E-state index contributed by atoms with van der Waals surface area (Å²) >= 11 is 0. The first-order chi connectivity index (χ1) is 8.61. The van der Waals surface area contributed by atoms with Crippen molar-refractivity contribution >= 4 is 0 Å². The Kier molecular flexibility index (Phi) is 3.72. The average Bonchev–Trinajstić information content (AvgIpc) is 2.71. The van der Waals surface area contributed by atoms with Gasteiger partial charge in [-0.2, -0.15) is 5.10 Å². The Hall–Kier alpha value is -1.75. The summed E-state index contributed by atoms with van der Waals surface area (Å²) in [6, 6.07) is 3.89. The monoisotopic (exact) mass is 251 g/mol.